The van der Waals surface area contributed by atoms with Gasteiger partial charge in [-0.3, -0.25) is 4.79 Å². The number of alkyl halides is 3. The first kappa shape index (κ1) is 16.0. The number of carbonyl (C=O) groups is 1. The molecule has 0 atom stereocenters. The topological polar surface area (TPSA) is 41.5 Å². The second kappa shape index (κ2) is 6.62. The van der Waals surface area contributed by atoms with Crippen molar-refractivity contribution < 1.29 is 18.0 Å². The Bertz CT molecular complexity index is 697. The average Bonchev–Trinajstić information content (AvgIpc) is 2.48. The fraction of sp³-hybridized carbons (Fsp3) is 0.0667. The summed E-state index contributed by atoms with van der Waals surface area (Å²) in [4.78, 5) is 11.8. The Balaban J connectivity index is 2.12. The summed E-state index contributed by atoms with van der Waals surface area (Å²) in [6.45, 7) is 0. The van der Waals surface area contributed by atoms with E-state index in [9.17, 15) is 18.0 Å². The van der Waals surface area contributed by atoms with E-state index in [-0.39, 0.29) is 0 Å². The lowest BCUT2D eigenvalue weighted by Gasteiger charge is -2.10. The molecule has 0 heterocycles. The quantitative estimate of drug-likeness (QED) is 0.669. The second-order valence-electron chi connectivity index (χ2n) is 4.29. The monoisotopic (exact) mass is 326 g/mol. The molecule has 0 unspecified atom stereocenters. The molecule has 0 saturated heterocycles. The molecular formula is C15H10ClF3N2O. The van der Waals surface area contributed by atoms with Crippen molar-refractivity contribution in [2.75, 3.05) is 0 Å². The first-order chi connectivity index (χ1) is 10.4. The summed E-state index contributed by atoms with van der Waals surface area (Å²) in [6.07, 6.45) is -3.29. The van der Waals surface area contributed by atoms with Crippen molar-refractivity contribution in [3.63, 3.8) is 0 Å². The molecule has 2 rings (SSSR count). The molecule has 0 aliphatic heterocycles. The van der Waals surface area contributed by atoms with Crippen molar-refractivity contribution in [3.05, 3.63) is 70.2 Å². The number of hydrazone groups is 1. The van der Waals surface area contributed by atoms with Gasteiger partial charge >= 0.3 is 6.18 Å². The Hall–Kier alpha value is -2.34. The Labute approximate surface area is 129 Å². The van der Waals surface area contributed by atoms with E-state index in [1.54, 1.807) is 24.3 Å². The molecule has 0 spiro atoms. The highest BCUT2D eigenvalue weighted by atomic mass is 35.5. The molecule has 2 aromatic rings. The predicted octanol–water partition coefficient (Wildman–Crippen LogP) is 4.12. The molecular weight excluding hydrogens is 317 g/mol. The Morgan fingerprint density at radius 1 is 1.09 bits per heavy atom. The molecule has 0 aliphatic carbocycles. The summed E-state index contributed by atoms with van der Waals surface area (Å²) in [6, 6.07) is 11.1. The van der Waals surface area contributed by atoms with Crippen LogP contribution in [-0.2, 0) is 6.18 Å². The number of benzene rings is 2. The van der Waals surface area contributed by atoms with Gasteiger partial charge in [-0.1, -0.05) is 35.9 Å². The summed E-state index contributed by atoms with van der Waals surface area (Å²) >= 11 is 5.72. The van der Waals surface area contributed by atoms with Gasteiger partial charge in [-0.2, -0.15) is 18.3 Å². The fourth-order valence-corrected chi connectivity index (χ4v) is 1.83. The van der Waals surface area contributed by atoms with E-state index in [1.165, 1.54) is 18.3 Å². The van der Waals surface area contributed by atoms with Crippen molar-refractivity contribution in [1.82, 2.24) is 5.43 Å². The number of nitrogens with one attached hydrogen (secondary N) is 1. The van der Waals surface area contributed by atoms with Gasteiger partial charge in [-0.25, -0.2) is 5.43 Å². The van der Waals surface area contributed by atoms with Crippen LogP contribution in [0.2, 0.25) is 5.02 Å². The zero-order chi connectivity index (χ0) is 16.2. The number of rotatable bonds is 3. The van der Waals surface area contributed by atoms with E-state index in [4.69, 9.17) is 11.6 Å². The van der Waals surface area contributed by atoms with Gasteiger partial charge < -0.3 is 0 Å². The van der Waals surface area contributed by atoms with Crippen LogP contribution in [0.1, 0.15) is 21.5 Å². The van der Waals surface area contributed by atoms with Crippen LogP contribution in [0.15, 0.2) is 53.6 Å². The zero-order valence-corrected chi connectivity index (χ0v) is 11.8. The maximum Gasteiger partial charge on any atom is 0.417 e. The molecule has 1 amide bonds. The third kappa shape index (κ3) is 4.08. The van der Waals surface area contributed by atoms with Crippen molar-refractivity contribution in [3.8, 4) is 0 Å². The normalized spacial score (nSPS) is 11.6. The van der Waals surface area contributed by atoms with Gasteiger partial charge in [0, 0.05) is 5.02 Å². The smallest absolute Gasteiger partial charge is 0.267 e. The number of amides is 1. The number of carbonyl (C=O) groups excluding carboxylic acids is 1. The van der Waals surface area contributed by atoms with E-state index in [0.717, 1.165) is 12.1 Å². The average molecular weight is 327 g/mol. The molecule has 7 heteroatoms. The van der Waals surface area contributed by atoms with Crippen molar-refractivity contribution in [1.29, 1.82) is 0 Å². The SMILES string of the molecule is O=C(N/N=C/c1ccc(Cl)cc1)c1ccccc1C(F)(F)F. The molecule has 22 heavy (non-hydrogen) atoms. The zero-order valence-electron chi connectivity index (χ0n) is 11.1. The largest absolute Gasteiger partial charge is 0.417 e. The lowest BCUT2D eigenvalue weighted by Crippen LogP contribution is -2.22. The number of hydrogen-bond acceptors (Lipinski definition) is 2. The van der Waals surface area contributed by atoms with Gasteiger partial charge in [0.2, 0.25) is 0 Å². The van der Waals surface area contributed by atoms with E-state index in [2.05, 4.69) is 10.5 Å². The lowest BCUT2D eigenvalue weighted by molar-refractivity contribution is -0.137. The van der Waals surface area contributed by atoms with E-state index < -0.39 is 23.2 Å². The molecule has 114 valence electrons. The van der Waals surface area contributed by atoms with E-state index in [0.29, 0.717) is 10.6 Å². The molecule has 1 N–H and O–H groups in total. The highest BCUT2D eigenvalue weighted by Gasteiger charge is 2.34. The van der Waals surface area contributed by atoms with Crippen LogP contribution in [0.3, 0.4) is 0 Å². The highest BCUT2D eigenvalue weighted by Crippen LogP contribution is 2.31. The Morgan fingerprint density at radius 3 is 2.36 bits per heavy atom. The van der Waals surface area contributed by atoms with Crippen LogP contribution >= 0.6 is 11.6 Å². The summed E-state index contributed by atoms with van der Waals surface area (Å²) in [5, 5.41) is 4.18. The van der Waals surface area contributed by atoms with Crippen molar-refractivity contribution in [2.24, 2.45) is 5.10 Å². The fourth-order valence-electron chi connectivity index (χ4n) is 1.70. The van der Waals surface area contributed by atoms with Crippen LogP contribution in [0, 0.1) is 0 Å². The summed E-state index contributed by atoms with van der Waals surface area (Å²) < 4.78 is 38.4. The molecule has 0 radical (unpaired) electrons. The molecule has 0 bridgehead atoms. The standard InChI is InChI=1S/C15H10ClF3N2O/c16-11-7-5-10(6-8-11)9-20-21-14(22)12-3-1-2-4-13(12)15(17,18)19/h1-9H,(H,21,22)/b20-9+. The lowest BCUT2D eigenvalue weighted by atomic mass is 10.1. The van der Waals surface area contributed by atoms with Crippen LogP contribution in [0.4, 0.5) is 13.2 Å². The van der Waals surface area contributed by atoms with Crippen LogP contribution in [-0.4, -0.2) is 12.1 Å². The van der Waals surface area contributed by atoms with Crippen molar-refractivity contribution >= 4 is 23.7 Å². The Kier molecular flexibility index (Phi) is 4.82. The van der Waals surface area contributed by atoms with Gasteiger partial charge in [-0.15, -0.1) is 0 Å². The first-order valence-corrected chi connectivity index (χ1v) is 6.51. The van der Waals surface area contributed by atoms with E-state index in [1.807, 2.05) is 0 Å². The molecule has 0 aliphatic rings. The van der Waals surface area contributed by atoms with Crippen LogP contribution in [0.5, 0.6) is 0 Å². The van der Waals surface area contributed by atoms with Crippen LogP contribution in [0.25, 0.3) is 0 Å². The minimum atomic E-state index is -4.60. The van der Waals surface area contributed by atoms with E-state index >= 15 is 0 Å². The molecule has 2 aromatic carbocycles. The summed E-state index contributed by atoms with van der Waals surface area (Å²) in [7, 11) is 0. The highest BCUT2D eigenvalue weighted by molar-refractivity contribution is 6.30. The van der Waals surface area contributed by atoms with Gasteiger partial charge in [0.05, 0.1) is 17.3 Å². The molecule has 3 nitrogen and oxygen atoms in total. The third-order valence-electron chi connectivity index (χ3n) is 2.73. The second-order valence-corrected chi connectivity index (χ2v) is 4.73. The molecule has 0 saturated carbocycles. The third-order valence-corrected chi connectivity index (χ3v) is 2.98. The number of nitrogens with zero attached hydrogens (tertiary/aromatic N) is 1. The van der Waals surface area contributed by atoms with Gasteiger partial charge in [0.1, 0.15) is 0 Å². The number of hydrogen-bond donors (Lipinski definition) is 1. The minimum absolute atomic E-state index is 0.483. The van der Waals surface area contributed by atoms with Gasteiger partial charge in [0.15, 0.2) is 0 Å². The van der Waals surface area contributed by atoms with Crippen LogP contribution < -0.4 is 5.43 Å². The first-order valence-electron chi connectivity index (χ1n) is 6.13. The predicted molar refractivity (Wildman–Crippen MR) is 78.0 cm³/mol. The van der Waals surface area contributed by atoms with Gasteiger partial charge in [0.25, 0.3) is 5.91 Å². The summed E-state index contributed by atoms with van der Waals surface area (Å²) in [5.74, 6) is -0.932. The van der Waals surface area contributed by atoms with Crippen molar-refractivity contribution in [2.45, 2.75) is 6.18 Å². The number of halogens is 4. The molecule has 0 aromatic heterocycles. The minimum Gasteiger partial charge on any atom is -0.267 e. The maximum atomic E-state index is 12.8. The van der Waals surface area contributed by atoms with Gasteiger partial charge in [-0.05, 0) is 29.8 Å². The Morgan fingerprint density at radius 2 is 1.73 bits per heavy atom. The maximum absolute atomic E-state index is 12.8. The molecule has 0 fully saturated rings. The summed E-state index contributed by atoms with van der Waals surface area (Å²) in [5.41, 5.74) is 1.23.